The molecule has 0 saturated carbocycles. The zero-order chi connectivity index (χ0) is 35.7. The van der Waals surface area contributed by atoms with Crippen molar-refractivity contribution >= 4 is 11.9 Å². The summed E-state index contributed by atoms with van der Waals surface area (Å²) in [4.78, 5) is 24.9. The fraction of sp³-hybridized carbons (Fsp3) is 0.659. The van der Waals surface area contributed by atoms with Gasteiger partial charge in [0.2, 0.25) is 0 Å². The third-order valence-electron chi connectivity index (χ3n) is 9.08. The second-order valence-electron chi connectivity index (χ2n) is 16.8. The molecular formula is C41H64O6. The minimum atomic E-state index is -0.212. The summed E-state index contributed by atoms with van der Waals surface area (Å²) >= 11 is 0. The molecule has 2 rings (SSSR count). The molecule has 0 amide bonds. The van der Waals surface area contributed by atoms with Crippen molar-refractivity contribution in [2.45, 2.75) is 157 Å². The molecule has 264 valence electrons. The van der Waals surface area contributed by atoms with Crippen LogP contribution in [0.25, 0.3) is 0 Å². The van der Waals surface area contributed by atoms with Gasteiger partial charge in [0.05, 0.1) is 13.2 Å². The van der Waals surface area contributed by atoms with Crippen LogP contribution in [0.4, 0.5) is 0 Å². The predicted molar refractivity (Wildman–Crippen MR) is 193 cm³/mol. The summed E-state index contributed by atoms with van der Waals surface area (Å²) in [5.74, 6) is 0.900. The minimum absolute atomic E-state index is 0.203. The fourth-order valence-electron chi connectivity index (χ4n) is 5.69. The summed E-state index contributed by atoms with van der Waals surface area (Å²) in [7, 11) is 0. The monoisotopic (exact) mass is 652 g/mol. The summed E-state index contributed by atoms with van der Waals surface area (Å²) in [6.45, 7) is 26.0. The van der Waals surface area contributed by atoms with Crippen LogP contribution in [0.15, 0.2) is 24.3 Å². The van der Waals surface area contributed by atoms with E-state index in [-0.39, 0.29) is 34.1 Å². The van der Waals surface area contributed by atoms with E-state index in [1.165, 1.54) is 0 Å². The van der Waals surface area contributed by atoms with Crippen molar-refractivity contribution < 1.29 is 29.3 Å². The van der Waals surface area contributed by atoms with Crippen LogP contribution in [-0.4, -0.2) is 35.4 Å². The van der Waals surface area contributed by atoms with Crippen molar-refractivity contribution in [2.75, 3.05) is 13.2 Å². The van der Waals surface area contributed by atoms with E-state index in [4.69, 9.17) is 9.47 Å². The quantitative estimate of drug-likeness (QED) is 0.147. The standard InChI is InChI=1S/C41H64O6/c1-27(2)28(3)31-23-29(24-32(37(31)44)39(4,5)6)17-19-35(42)46-21-15-13-14-16-22-47-36(43)20-18-30-25-33(40(7,8)9)38(45)34(26-30)41(10,11)12/h23-28,44-45H,13-22H2,1-12H3. The molecule has 6 nitrogen and oxygen atoms in total. The first kappa shape index (κ1) is 40.2. The first-order valence-electron chi connectivity index (χ1n) is 17.7. The van der Waals surface area contributed by atoms with Crippen molar-refractivity contribution in [3.05, 3.63) is 57.6 Å². The number of unbranched alkanes of at least 4 members (excludes halogenated alkanes) is 3. The maximum absolute atomic E-state index is 12.5. The Morgan fingerprint density at radius 3 is 1.32 bits per heavy atom. The number of phenolic OH excluding ortho intramolecular Hbond substituents is 2. The highest BCUT2D eigenvalue weighted by Crippen LogP contribution is 2.41. The van der Waals surface area contributed by atoms with Crippen LogP contribution < -0.4 is 0 Å². The number of ether oxygens (including phenoxy) is 2. The van der Waals surface area contributed by atoms with Crippen LogP contribution in [-0.2, 0) is 48.1 Å². The molecule has 2 N–H and O–H groups in total. The van der Waals surface area contributed by atoms with Crippen molar-refractivity contribution in [3.8, 4) is 11.5 Å². The lowest BCUT2D eigenvalue weighted by Gasteiger charge is -2.28. The lowest BCUT2D eigenvalue weighted by atomic mass is 9.78. The summed E-state index contributed by atoms with van der Waals surface area (Å²) in [6.07, 6.45) is 5.09. The number of aromatic hydroxyl groups is 2. The number of rotatable bonds is 15. The Kier molecular flexibility index (Phi) is 14.4. The van der Waals surface area contributed by atoms with E-state index < -0.39 is 0 Å². The molecule has 0 heterocycles. The maximum atomic E-state index is 12.5. The van der Waals surface area contributed by atoms with Gasteiger partial charge in [-0.3, -0.25) is 9.59 Å². The molecule has 0 aliphatic rings. The van der Waals surface area contributed by atoms with Gasteiger partial charge in [-0.25, -0.2) is 0 Å². The summed E-state index contributed by atoms with van der Waals surface area (Å²) in [5.41, 5.74) is 5.13. The van der Waals surface area contributed by atoms with Crippen LogP contribution >= 0.6 is 0 Å². The average molecular weight is 653 g/mol. The lowest BCUT2D eigenvalue weighted by molar-refractivity contribution is -0.145. The van der Waals surface area contributed by atoms with Gasteiger partial charge in [-0.2, -0.15) is 0 Å². The maximum Gasteiger partial charge on any atom is 0.306 e. The molecule has 0 bridgehead atoms. The highest BCUT2D eigenvalue weighted by molar-refractivity contribution is 5.70. The third kappa shape index (κ3) is 12.5. The second kappa shape index (κ2) is 16.9. The second-order valence-corrected chi connectivity index (χ2v) is 16.8. The Hall–Kier alpha value is -3.02. The molecule has 0 saturated heterocycles. The number of phenols is 2. The van der Waals surface area contributed by atoms with Crippen LogP contribution in [0.2, 0.25) is 0 Å². The number of hydrogen-bond donors (Lipinski definition) is 2. The fourth-order valence-corrected chi connectivity index (χ4v) is 5.69. The zero-order valence-electron chi connectivity index (χ0n) is 31.6. The van der Waals surface area contributed by atoms with Gasteiger partial charge >= 0.3 is 11.9 Å². The lowest BCUT2D eigenvalue weighted by Crippen LogP contribution is -2.18. The molecule has 0 aliphatic carbocycles. The molecule has 0 radical (unpaired) electrons. The SMILES string of the molecule is CC(C)C(C)c1cc(CCC(=O)OCCCCCCOC(=O)CCc2cc(C(C)(C)C)c(O)c(C(C)(C)C)c2)cc(C(C)(C)C)c1O. The van der Waals surface area contributed by atoms with Gasteiger partial charge in [-0.05, 0) is 100.0 Å². The molecule has 1 unspecified atom stereocenters. The topological polar surface area (TPSA) is 93.1 Å². The number of carbonyl (C=O) groups is 2. The van der Waals surface area contributed by atoms with Crippen LogP contribution in [0.1, 0.15) is 161 Å². The normalized spacial score (nSPS) is 13.1. The van der Waals surface area contributed by atoms with Gasteiger partial charge in [-0.15, -0.1) is 0 Å². The van der Waals surface area contributed by atoms with Gasteiger partial charge in [0.1, 0.15) is 11.5 Å². The molecule has 0 aromatic heterocycles. The smallest absolute Gasteiger partial charge is 0.306 e. The van der Waals surface area contributed by atoms with Gasteiger partial charge in [0.15, 0.2) is 0 Å². The van der Waals surface area contributed by atoms with Crippen molar-refractivity contribution in [2.24, 2.45) is 5.92 Å². The number of esters is 2. The van der Waals surface area contributed by atoms with E-state index >= 15 is 0 Å². The van der Waals surface area contributed by atoms with Crippen LogP contribution in [0.5, 0.6) is 11.5 Å². The molecule has 47 heavy (non-hydrogen) atoms. The highest BCUT2D eigenvalue weighted by atomic mass is 16.5. The molecule has 1 atom stereocenters. The largest absolute Gasteiger partial charge is 0.507 e. The van der Waals surface area contributed by atoms with E-state index in [1.54, 1.807) is 0 Å². The molecule has 2 aromatic carbocycles. The van der Waals surface area contributed by atoms with E-state index in [0.717, 1.165) is 59.1 Å². The molecular weight excluding hydrogens is 588 g/mol. The van der Waals surface area contributed by atoms with Gasteiger partial charge < -0.3 is 19.7 Å². The summed E-state index contributed by atoms with van der Waals surface area (Å²) < 4.78 is 11.0. The number of hydrogen-bond acceptors (Lipinski definition) is 6. The number of aryl methyl sites for hydroxylation is 2. The Bertz CT molecular complexity index is 1300. The Morgan fingerprint density at radius 1 is 0.596 bits per heavy atom. The molecule has 0 aliphatic heterocycles. The molecule has 0 fully saturated rings. The van der Waals surface area contributed by atoms with Crippen LogP contribution in [0.3, 0.4) is 0 Å². The van der Waals surface area contributed by atoms with E-state index in [1.807, 2.05) is 24.3 Å². The minimum Gasteiger partial charge on any atom is -0.507 e. The third-order valence-corrected chi connectivity index (χ3v) is 9.08. The number of benzene rings is 2. The van der Waals surface area contributed by atoms with Gasteiger partial charge in [0.25, 0.3) is 0 Å². The molecule has 0 spiro atoms. The van der Waals surface area contributed by atoms with Crippen molar-refractivity contribution in [1.29, 1.82) is 0 Å². The Balaban J connectivity index is 1.72. The van der Waals surface area contributed by atoms with Crippen LogP contribution in [0, 0.1) is 5.92 Å². The van der Waals surface area contributed by atoms with E-state index in [0.29, 0.717) is 56.3 Å². The molecule has 6 heteroatoms. The van der Waals surface area contributed by atoms with E-state index in [2.05, 4.69) is 83.1 Å². The predicted octanol–water partition coefficient (Wildman–Crippen LogP) is 9.96. The summed E-state index contributed by atoms with van der Waals surface area (Å²) in [5, 5.41) is 21.9. The zero-order valence-corrected chi connectivity index (χ0v) is 31.6. The van der Waals surface area contributed by atoms with Gasteiger partial charge in [0, 0.05) is 12.8 Å². The van der Waals surface area contributed by atoms with Gasteiger partial charge in [-0.1, -0.05) is 107 Å². The first-order chi connectivity index (χ1) is 21.6. The first-order valence-corrected chi connectivity index (χ1v) is 17.7. The van der Waals surface area contributed by atoms with E-state index in [9.17, 15) is 19.8 Å². The van der Waals surface area contributed by atoms with Crippen molar-refractivity contribution in [1.82, 2.24) is 0 Å². The Morgan fingerprint density at radius 2 is 0.957 bits per heavy atom. The highest BCUT2D eigenvalue weighted by Gasteiger charge is 2.27. The number of carbonyl (C=O) groups excluding carboxylic acids is 2. The van der Waals surface area contributed by atoms with Crippen molar-refractivity contribution in [3.63, 3.8) is 0 Å². The molecule has 2 aromatic rings. The Labute approximate surface area is 285 Å². The average Bonchev–Trinajstić information content (AvgIpc) is 2.95. The summed E-state index contributed by atoms with van der Waals surface area (Å²) in [6, 6.07) is 8.12.